The quantitative estimate of drug-likeness (QED) is 0.482. The molecule has 0 bridgehead atoms. The van der Waals surface area contributed by atoms with Gasteiger partial charge in [0.1, 0.15) is 0 Å². The molecule has 1 N–H and O–H groups in total. The molecule has 4 nitrogen and oxygen atoms in total. The van der Waals surface area contributed by atoms with Gasteiger partial charge in [0.05, 0.1) is 11.7 Å². The van der Waals surface area contributed by atoms with E-state index in [2.05, 4.69) is 52.3 Å². The Kier molecular flexibility index (Phi) is 4.72. The predicted octanol–water partition coefficient (Wildman–Crippen LogP) is 5.22. The number of rotatable bonds is 4. The Morgan fingerprint density at radius 3 is 2.77 bits per heavy atom. The minimum absolute atomic E-state index is 0.0574. The highest BCUT2D eigenvalue weighted by molar-refractivity contribution is 5.94. The van der Waals surface area contributed by atoms with Crippen molar-refractivity contribution in [3.63, 3.8) is 0 Å². The first-order chi connectivity index (χ1) is 14.6. The number of carbonyl (C=O) groups excluding carboxylic acids is 1. The number of H-pyrrole nitrogens is 1. The Balaban J connectivity index is 1.60. The first-order valence-electron chi connectivity index (χ1n) is 10.5. The third-order valence-electron chi connectivity index (χ3n) is 6.04. The second kappa shape index (κ2) is 7.54. The summed E-state index contributed by atoms with van der Waals surface area (Å²) in [4.78, 5) is 22.9. The number of carbonyl (C=O) groups is 1. The molecule has 0 fully saturated rings. The standard InChI is InChI=1S/C26H25N3O/c1-17-7-5-12-24(27-17)26-25-22(21-10-3-4-11-23(21)28-25)13-14-29(26)16-19-8-6-9-20(15-19)18(2)30/h3-12,15,26,28H,13-14,16H2,1-2H3. The van der Waals surface area contributed by atoms with Gasteiger partial charge >= 0.3 is 0 Å². The lowest BCUT2D eigenvalue weighted by Crippen LogP contribution is -2.36. The van der Waals surface area contributed by atoms with Crippen molar-refractivity contribution in [2.45, 2.75) is 32.9 Å². The zero-order valence-corrected chi connectivity index (χ0v) is 17.4. The molecule has 0 saturated carbocycles. The van der Waals surface area contributed by atoms with Crippen LogP contribution < -0.4 is 0 Å². The second-order valence-electron chi connectivity index (χ2n) is 8.15. The molecular weight excluding hydrogens is 370 g/mol. The summed E-state index contributed by atoms with van der Waals surface area (Å²) in [6, 6.07) is 22.8. The number of hydrogen-bond donors (Lipinski definition) is 1. The van der Waals surface area contributed by atoms with Crippen molar-refractivity contribution >= 4 is 16.7 Å². The van der Waals surface area contributed by atoms with Gasteiger partial charge in [-0.3, -0.25) is 14.7 Å². The number of benzene rings is 2. The number of aromatic amines is 1. The number of pyridine rings is 1. The lowest BCUT2D eigenvalue weighted by Gasteiger charge is -2.35. The minimum Gasteiger partial charge on any atom is -0.357 e. The van der Waals surface area contributed by atoms with E-state index in [0.29, 0.717) is 0 Å². The van der Waals surface area contributed by atoms with Gasteiger partial charge in [-0.25, -0.2) is 0 Å². The maximum Gasteiger partial charge on any atom is 0.159 e. The van der Waals surface area contributed by atoms with Crippen LogP contribution in [0.15, 0.2) is 66.7 Å². The fourth-order valence-corrected chi connectivity index (χ4v) is 4.64. The van der Waals surface area contributed by atoms with Gasteiger partial charge in [-0.15, -0.1) is 0 Å². The smallest absolute Gasteiger partial charge is 0.159 e. The molecule has 0 spiro atoms. The molecule has 1 atom stereocenters. The van der Waals surface area contributed by atoms with Crippen LogP contribution in [-0.2, 0) is 13.0 Å². The highest BCUT2D eigenvalue weighted by Crippen LogP contribution is 2.38. The van der Waals surface area contributed by atoms with E-state index in [4.69, 9.17) is 4.98 Å². The fourth-order valence-electron chi connectivity index (χ4n) is 4.64. The summed E-state index contributed by atoms with van der Waals surface area (Å²) in [7, 11) is 0. The van der Waals surface area contributed by atoms with Gasteiger partial charge in [0.2, 0.25) is 0 Å². The maximum atomic E-state index is 11.8. The number of Topliss-reactive ketones (excluding diaryl/α,β-unsaturated/α-hetero) is 1. The minimum atomic E-state index is 0.0574. The van der Waals surface area contributed by atoms with Gasteiger partial charge < -0.3 is 4.98 Å². The van der Waals surface area contributed by atoms with Gasteiger partial charge in [-0.05, 0) is 55.7 Å². The van der Waals surface area contributed by atoms with E-state index < -0.39 is 0 Å². The van der Waals surface area contributed by atoms with Gasteiger partial charge in [0.25, 0.3) is 0 Å². The topological polar surface area (TPSA) is 49.0 Å². The molecule has 4 heteroatoms. The summed E-state index contributed by atoms with van der Waals surface area (Å²) in [5.74, 6) is 0.102. The maximum absolute atomic E-state index is 11.8. The number of nitrogens with zero attached hydrogens (tertiary/aromatic N) is 2. The van der Waals surface area contributed by atoms with Crippen LogP contribution in [-0.4, -0.2) is 27.2 Å². The third-order valence-corrected chi connectivity index (χ3v) is 6.04. The van der Waals surface area contributed by atoms with Crippen LogP contribution in [0.4, 0.5) is 0 Å². The van der Waals surface area contributed by atoms with Crippen molar-refractivity contribution in [1.82, 2.24) is 14.9 Å². The van der Waals surface area contributed by atoms with E-state index in [1.165, 1.54) is 22.2 Å². The van der Waals surface area contributed by atoms with Crippen LogP contribution in [0, 0.1) is 6.92 Å². The van der Waals surface area contributed by atoms with Crippen molar-refractivity contribution < 1.29 is 4.79 Å². The van der Waals surface area contributed by atoms with Crippen molar-refractivity contribution in [3.05, 3.63) is 101 Å². The van der Waals surface area contributed by atoms with Gasteiger partial charge in [0, 0.05) is 40.9 Å². The molecular formula is C26H25N3O. The van der Waals surface area contributed by atoms with E-state index in [1.54, 1.807) is 6.92 Å². The zero-order chi connectivity index (χ0) is 20.7. The Bertz CT molecular complexity index is 1240. The van der Waals surface area contributed by atoms with Crippen molar-refractivity contribution in [2.75, 3.05) is 6.54 Å². The molecule has 1 unspecified atom stereocenters. The van der Waals surface area contributed by atoms with E-state index in [0.717, 1.165) is 42.0 Å². The predicted molar refractivity (Wildman–Crippen MR) is 120 cm³/mol. The normalized spacial score (nSPS) is 16.5. The van der Waals surface area contributed by atoms with Crippen LogP contribution in [0.5, 0.6) is 0 Å². The summed E-state index contributed by atoms with van der Waals surface area (Å²) in [5.41, 5.74) is 7.82. The number of hydrogen-bond acceptors (Lipinski definition) is 3. The molecule has 2 aromatic carbocycles. The number of nitrogens with one attached hydrogen (secondary N) is 1. The zero-order valence-electron chi connectivity index (χ0n) is 17.4. The lowest BCUT2D eigenvalue weighted by atomic mass is 9.94. The first-order valence-corrected chi connectivity index (χ1v) is 10.5. The Hall–Kier alpha value is -3.24. The monoisotopic (exact) mass is 395 g/mol. The van der Waals surface area contributed by atoms with Crippen molar-refractivity contribution in [3.8, 4) is 0 Å². The first kappa shape index (κ1) is 18.8. The number of aromatic nitrogens is 2. The molecule has 3 heterocycles. The fraction of sp³-hybridized carbons (Fsp3) is 0.231. The summed E-state index contributed by atoms with van der Waals surface area (Å²) < 4.78 is 0. The summed E-state index contributed by atoms with van der Waals surface area (Å²) in [6.45, 7) is 5.38. The average Bonchev–Trinajstić information content (AvgIpc) is 3.12. The van der Waals surface area contributed by atoms with Crippen molar-refractivity contribution in [2.24, 2.45) is 0 Å². The Labute approximate surface area is 176 Å². The number of para-hydroxylation sites is 1. The van der Waals surface area contributed by atoms with E-state index >= 15 is 0 Å². The molecule has 2 aromatic heterocycles. The highest BCUT2D eigenvalue weighted by Gasteiger charge is 2.32. The molecule has 4 aromatic rings. The van der Waals surface area contributed by atoms with Gasteiger partial charge in [0.15, 0.2) is 5.78 Å². The molecule has 0 aliphatic carbocycles. The summed E-state index contributed by atoms with van der Waals surface area (Å²) in [5, 5.41) is 1.31. The molecule has 1 aliphatic rings. The molecule has 0 radical (unpaired) electrons. The highest BCUT2D eigenvalue weighted by atomic mass is 16.1. The molecule has 30 heavy (non-hydrogen) atoms. The third kappa shape index (κ3) is 3.33. The van der Waals surface area contributed by atoms with Gasteiger partial charge in [-0.1, -0.05) is 42.5 Å². The molecule has 0 amide bonds. The van der Waals surface area contributed by atoms with E-state index in [9.17, 15) is 4.79 Å². The van der Waals surface area contributed by atoms with E-state index in [1.807, 2.05) is 31.2 Å². The Morgan fingerprint density at radius 2 is 1.93 bits per heavy atom. The molecule has 5 rings (SSSR count). The van der Waals surface area contributed by atoms with Crippen molar-refractivity contribution in [1.29, 1.82) is 0 Å². The van der Waals surface area contributed by atoms with Crippen LogP contribution in [0.2, 0.25) is 0 Å². The number of aryl methyl sites for hydroxylation is 1. The SMILES string of the molecule is CC(=O)c1cccc(CN2CCc3c([nH]c4ccccc34)C2c2cccc(C)n2)c1. The molecule has 0 saturated heterocycles. The summed E-state index contributed by atoms with van der Waals surface area (Å²) in [6.07, 6.45) is 0.994. The summed E-state index contributed by atoms with van der Waals surface area (Å²) >= 11 is 0. The molecule has 1 aliphatic heterocycles. The average molecular weight is 396 g/mol. The lowest BCUT2D eigenvalue weighted by molar-refractivity contribution is 0.101. The molecule has 150 valence electrons. The van der Waals surface area contributed by atoms with Crippen LogP contribution in [0.25, 0.3) is 10.9 Å². The largest absolute Gasteiger partial charge is 0.357 e. The van der Waals surface area contributed by atoms with Crippen LogP contribution >= 0.6 is 0 Å². The van der Waals surface area contributed by atoms with Crippen LogP contribution in [0.1, 0.15) is 51.5 Å². The number of ketones is 1. The second-order valence-corrected chi connectivity index (χ2v) is 8.15. The van der Waals surface area contributed by atoms with Gasteiger partial charge in [-0.2, -0.15) is 0 Å². The van der Waals surface area contributed by atoms with E-state index in [-0.39, 0.29) is 11.8 Å². The Morgan fingerprint density at radius 1 is 1.10 bits per heavy atom. The van der Waals surface area contributed by atoms with Crippen LogP contribution in [0.3, 0.4) is 0 Å². The number of fused-ring (bicyclic) bond motifs is 3.